The highest BCUT2D eigenvalue weighted by Gasteiger charge is 2.18. The Balaban J connectivity index is 2.23. The molecule has 1 aromatic carbocycles. The number of ether oxygens (including phenoxy) is 1. The number of halogens is 2. The molecule has 0 atom stereocenters. The van der Waals surface area contributed by atoms with E-state index in [9.17, 15) is 13.6 Å². The van der Waals surface area contributed by atoms with Crippen LogP contribution in [0.3, 0.4) is 0 Å². The van der Waals surface area contributed by atoms with Crippen LogP contribution in [0.4, 0.5) is 13.6 Å². The lowest BCUT2D eigenvalue weighted by Gasteiger charge is -2.24. The number of hydrogen-bond acceptors (Lipinski definition) is 3. The number of rotatable bonds is 6. The number of carbonyl (C=O) groups is 1. The molecule has 0 unspecified atom stereocenters. The zero-order valence-corrected chi connectivity index (χ0v) is 13.6. The van der Waals surface area contributed by atoms with Gasteiger partial charge in [-0.15, -0.1) is 0 Å². The predicted molar refractivity (Wildman–Crippen MR) is 81.5 cm³/mol. The first-order valence-corrected chi connectivity index (χ1v) is 7.27. The van der Waals surface area contributed by atoms with Crippen molar-refractivity contribution in [2.45, 2.75) is 39.3 Å². The van der Waals surface area contributed by atoms with E-state index in [-0.39, 0.29) is 6.09 Å². The fourth-order valence-corrected chi connectivity index (χ4v) is 1.82. The first-order chi connectivity index (χ1) is 10.2. The zero-order valence-electron chi connectivity index (χ0n) is 13.6. The Morgan fingerprint density at radius 2 is 1.82 bits per heavy atom. The molecule has 0 saturated carbocycles. The minimum atomic E-state index is -0.582. The van der Waals surface area contributed by atoms with Crippen molar-refractivity contribution in [3.63, 3.8) is 0 Å². The molecule has 1 N–H and O–H groups in total. The van der Waals surface area contributed by atoms with Gasteiger partial charge in [0, 0.05) is 26.2 Å². The van der Waals surface area contributed by atoms with Crippen molar-refractivity contribution in [3.8, 4) is 0 Å². The van der Waals surface area contributed by atoms with E-state index in [1.807, 2.05) is 20.8 Å². The highest BCUT2D eigenvalue weighted by molar-refractivity contribution is 5.67. The molecule has 0 radical (unpaired) electrons. The average molecular weight is 314 g/mol. The SMILES string of the molecule is CN(CCCNCc1cc(F)cc(F)c1)C(=O)OC(C)(C)C. The monoisotopic (exact) mass is 314 g/mol. The molecular weight excluding hydrogens is 290 g/mol. The smallest absolute Gasteiger partial charge is 0.410 e. The van der Waals surface area contributed by atoms with Crippen LogP contribution in [0.15, 0.2) is 18.2 Å². The van der Waals surface area contributed by atoms with E-state index in [1.165, 1.54) is 17.0 Å². The molecule has 1 aromatic rings. The maximum atomic E-state index is 13.0. The van der Waals surface area contributed by atoms with Gasteiger partial charge in [0.15, 0.2) is 0 Å². The fourth-order valence-electron chi connectivity index (χ4n) is 1.82. The Kier molecular flexibility index (Phi) is 6.74. The summed E-state index contributed by atoms with van der Waals surface area (Å²) < 4.78 is 31.3. The van der Waals surface area contributed by atoms with Crippen molar-refractivity contribution in [1.82, 2.24) is 10.2 Å². The lowest BCUT2D eigenvalue weighted by Crippen LogP contribution is -2.35. The average Bonchev–Trinajstić information content (AvgIpc) is 2.34. The van der Waals surface area contributed by atoms with E-state index >= 15 is 0 Å². The van der Waals surface area contributed by atoms with Crippen LogP contribution in [-0.2, 0) is 11.3 Å². The van der Waals surface area contributed by atoms with E-state index in [1.54, 1.807) is 7.05 Å². The molecule has 0 bridgehead atoms. The number of benzene rings is 1. The Hall–Kier alpha value is -1.69. The van der Waals surface area contributed by atoms with Crippen molar-refractivity contribution in [3.05, 3.63) is 35.4 Å². The number of nitrogens with zero attached hydrogens (tertiary/aromatic N) is 1. The lowest BCUT2D eigenvalue weighted by molar-refractivity contribution is 0.0297. The van der Waals surface area contributed by atoms with E-state index in [2.05, 4.69) is 5.32 Å². The normalized spacial score (nSPS) is 11.4. The molecule has 0 heterocycles. The summed E-state index contributed by atoms with van der Waals surface area (Å²) in [6.45, 7) is 7.00. The van der Waals surface area contributed by atoms with Gasteiger partial charge in [0.05, 0.1) is 0 Å². The molecular formula is C16H24F2N2O2. The molecule has 0 aliphatic heterocycles. The van der Waals surface area contributed by atoms with Gasteiger partial charge in [0.25, 0.3) is 0 Å². The summed E-state index contributed by atoms with van der Waals surface area (Å²) in [5.74, 6) is -1.16. The highest BCUT2D eigenvalue weighted by Crippen LogP contribution is 2.09. The van der Waals surface area contributed by atoms with Crippen LogP contribution < -0.4 is 5.32 Å². The molecule has 0 saturated heterocycles. The minimum Gasteiger partial charge on any atom is -0.444 e. The quantitative estimate of drug-likeness (QED) is 0.819. The second-order valence-electron chi connectivity index (χ2n) is 6.21. The van der Waals surface area contributed by atoms with Crippen molar-refractivity contribution in [2.24, 2.45) is 0 Å². The molecule has 0 aliphatic rings. The van der Waals surface area contributed by atoms with Gasteiger partial charge in [0.2, 0.25) is 0 Å². The lowest BCUT2D eigenvalue weighted by atomic mass is 10.2. The second-order valence-corrected chi connectivity index (χ2v) is 6.21. The predicted octanol–water partition coefficient (Wildman–Crippen LogP) is 3.31. The first-order valence-electron chi connectivity index (χ1n) is 7.27. The minimum absolute atomic E-state index is 0.361. The van der Waals surface area contributed by atoms with E-state index in [0.29, 0.717) is 31.6 Å². The van der Waals surface area contributed by atoms with Gasteiger partial charge >= 0.3 is 6.09 Å². The second kappa shape index (κ2) is 8.08. The molecule has 6 heteroatoms. The molecule has 4 nitrogen and oxygen atoms in total. The standard InChI is InChI=1S/C16H24F2N2O2/c1-16(2,3)22-15(21)20(4)7-5-6-19-11-12-8-13(17)10-14(18)9-12/h8-10,19H,5-7,11H2,1-4H3. The van der Waals surface area contributed by atoms with Crippen LogP contribution in [0, 0.1) is 11.6 Å². The molecule has 124 valence electrons. The highest BCUT2D eigenvalue weighted by atomic mass is 19.1. The van der Waals surface area contributed by atoms with E-state index in [0.717, 1.165) is 6.07 Å². The summed E-state index contributed by atoms with van der Waals surface area (Å²) >= 11 is 0. The van der Waals surface area contributed by atoms with Gasteiger partial charge in [0.1, 0.15) is 17.2 Å². The topological polar surface area (TPSA) is 41.6 Å². The maximum Gasteiger partial charge on any atom is 0.410 e. The Bertz CT molecular complexity index is 481. The van der Waals surface area contributed by atoms with Gasteiger partial charge in [-0.25, -0.2) is 13.6 Å². The van der Waals surface area contributed by atoms with Crippen molar-refractivity contribution in [1.29, 1.82) is 0 Å². The summed E-state index contributed by atoms with van der Waals surface area (Å²) in [5.41, 5.74) is 0.0448. The van der Waals surface area contributed by atoms with Crippen molar-refractivity contribution in [2.75, 3.05) is 20.1 Å². The third-order valence-electron chi connectivity index (χ3n) is 2.80. The molecule has 1 rings (SSSR count). The van der Waals surface area contributed by atoms with Crippen molar-refractivity contribution >= 4 is 6.09 Å². The van der Waals surface area contributed by atoms with Gasteiger partial charge in [-0.05, 0) is 51.4 Å². The first kappa shape index (κ1) is 18.4. The summed E-state index contributed by atoms with van der Waals surface area (Å²) in [6.07, 6.45) is 0.354. The number of nitrogens with one attached hydrogen (secondary N) is 1. The van der Waals surface area contributed by atoms with Crippen molar-refractivity contribution < 1.29 is 18.3 Å². The molecule has 22 heavy (non-hydrogen) atoms. The van der Waals surface area contributed by atoms with Gasteiger partial charge < -0.3 is 15.0 Å². The number of amides is 1. The Labute approximate surface area is 130 Å². The third-order valence-corrected chi connectivity index (χ3v) is 2.80. The molecule has 0 aromatic heterocycles. The summed E-state index contributed by atoms with van der Waals surface area (Å²) in [6, 6.07) is 3.44. The summed E-state index contributed by atoms with van der Waals surface area (Å²) in [4.78, 5) is 13.2. The van der Waals surface area contributed by atoms with Crippen LogP contribution in [-0.4, -0.2) is 36.7 Å². The van der Waals surface area contributed by atoms with E-state index < -0.39 is 17.2 Å². The largest absolute Gasteiger partial charge is 0.444 e. The van der Waals surface area contributed by atoms with Crippen LogP contribution in [0.5, 0.6) is 0 Å². The third kappa shape index (κ3) is 7.36. The van der Waals surface area contributed by atoms with Gasteiger partial charge in [-0.2, -0.15) is 0 Å². The fraction of sp³-hybridized carbons (Fsp3) is 0.562. The molecule has 0 aliphatic carbocycles. The maximum absolute atomic E-state index is 13.0. The Morgan fingerprint density at radius 1 is 1.23 bits per heavy atom. The molecule has 1 amide bonds. The van der Waals surface area contributed by atoms with Crippen LogP contribution in [0.2, 0.25) is 0 Å². The molecule has 0 spiro atoms. The summed E-state index contributed by atoms with van der Waals surface area (Å²) in [7, 11) is 1.68. The molecule has 0 fully saturated rings. The zero-order chi connectivity index (χ0) is 16.8. The number of hydrogen-bond donors (Lipinski definition) is 1. The van der Waals surface area contributed by atoms with E-state index in [4.69, 9.17) is 4.74 Å². The number of carbonyl (C=O) groups excluding carboxylic acids is 1. The van der Waals surface area contributed by atoms with Crippen LogP contribution in [0.1, 0.15) is 32.8 Å². The Morgan fingerprint density at radius 3 is 2.36 bits per heavy atom. The summed E-state index contributed by atoms with van der Waals surface area (Å²) in [5, 5.41) is 3.09. The van der Waals surface area contributed by atoms with Crippen LogP contribution in [0.25, 0.3) is 0 Å². The van der Waals surface area contributed by atoms with Gasteiger partial charge in [-0.3, -0.25) is 0 Å². The van der Waals surface area contributed by atoms with Crippen LogP contribution >= 0.6 is 0 Å². The van der Waals surface area contributed by atoms with Gasteiger partial charge in [-0.1, -0.05) is 0 Å².